The topological polar surface area (TPSA) is 32.8 Å². The lowest BCUT2D eigenvalue weighted by Gasteiger charge is -2.33. The molecule has 2 rings (SSSR count). The molecule has 1 unspecified atom stereocenters. The summed E-state index contributed by atoms with van der Waals surface area (Å²) < 4.78 is 5.85. The Labute approximate surface area is 127 Å². The van der Waals surface area contributed by atoms with Crippen LogP contribution in [-0.4, -0.2) is 56.0 Å². The van der Waals surface area contributed by atoms with Gasteiger partial charge in [-0.05, 0) is 37.9 Å². The van der Waals surface area contributed by atoms with Crippen molar-refractivity contribution in [1.29, 1.82) is 0 Å². The van der Waals surface area contributed by atoms with Crippen molar-refractivity contribution < 1.29 is 9.53 Å². The molecular weight excluding hydrogens is 264 g/mol. The van der Waals surface area contributed by atoms with Crippen molar-refractivity contribution in [3.05, 3.63) is 29.8 Å². The summed E-state index contributed by atoms with van der Waals surface area (Å²) in [5.74, 6) is 1.35. The number of benzene rings is 1. The highest BCUT2D eigenvalue weighted by molar-refractivity contribution is 5.78. The van der Waals surface area contributed by atoms with Crippen LogP contribution in [0, 0.1) is 12.8 Å². The maximum absolute atomic E-state index is 12.1. The first-order valence-electron chi connectivity index (χ1n) is 7.70. The number of nitrogens with zero attached hydrogens (tertiary/aromatic N) is 2. The van der Waals surface area contributed by atoms with Crippen LogP contribution in [0.15, 0.2) is 24.3 Å². The van der Waals surface area contributed by atoms with Crippen LogP contribution < -0.4 is 4.74 Å². The van der Waals surface area contributed by atoms with Gasteiger partial charge in [0.25, 0.3) is 0 Å². The van der Waals surface area contributed by atoms with Crippen LogP contribution >= 0.6 is 0 Å². The number of amides is 1. The quantitative estimate of drug-likeness (QED) is 0.833. The summed E-state index contributed by atoms with van der Waals surface area (Å²) in [5, 5.41) is 0. The first-order valence-corrected chi connectivity index (χ1v) is 7.70. The summed E-state index contributed by atoms with van der Waals surface area (Å²) in [4.78, 5) is 16.1. The third kappa shape index (κ3) is 4.46. The normalized spacial score (nSPS) is 19.3. The smallest absolute Gasteiger partial charge is 0.226 e. The molecule has 4 nitrogen and oxygen atoms in total. The van der Waals surface area contributed by atoms with E-state index in [1.165, 1.54) is 0 Å². The van der Waals surface area contributed by atoms with Crippen molar-refractivity contribution in [1.82, 2.24) is 9.80 Å². The second kappa shape index (κ2) is 7.46. The van der Waals surface area contributed by atoms with Crippen molar-refractivity contribution in [2.75, 3.05) is 40.3 Å². The molecule has 4 heteroatoms. The van der Waals surface area contributed by atoms with E-state index >= 15 is 0 Å². The predicted octanol–water partition coefficient (Wildman–Crippen LogP) is 2.17. The SMILES string of the molecule is Cc1ccccc1OCCN1CCCC(C(=O)N(C)C)C1. The third-order valence-corrected chi connectivity index (χ3v) is 4.05. The van der Waals surface area contributed by atoms with E-state index in [1.54, 1.807) is 4.90 Å². The van der Waals surface area contributed by atoms with Crippen LogP contribution in [0.1, 0.15) is 18.4 Å². The van der Waals surface area contributed by atoms with Gasteiger partial charge in [0.1, 0.15) is 12.4 Å². The number of rotatable bonds is 5. The number of para-hydroxylation sites is 1. The summed E-state index contributed by atoms with van der Waals surface area (Å²) >= 11 is 0. The van der Waals surface area contributed by atoms with Gasteiger partial charge in [0, 0.05) is 27.2 Å². The van der Waals surface area contributed by atoms with Crippen molar-refractivity contribution in [3.8, 4) is 5.75 Å². The predicted molar refractivity (Wildman–Crippen MR) is 84.5 cm³/mol. The first-order chi connectivity index (χ1) is 10.1. The minimum atomic E-state index is 0.146. The van der Waals surface area contributed by atoms with E-state index in [4.69, 9.17) is 4.74 Å². The number of piperidine rings is 1. The van der Waals surface area contributed by atoms with Gasteiger partial charge < -0.3 is 9.64 Å². The molecule has 1 fully saturated rings. The number of ether oxygens (including phenoxy) is 1. The maximum atomic E-state index is 12.1. The minimum Gasteiger partial charge on any atom is -0.492 e. The van der Waals surface area contributed by atoms with E-state index in [0.717, 1.165) is 43.8 Å². The lowest BCUT2D eigenvalue weighted by molar-refractivity contribution is -0.134. The maximum Gasteiger partial charge on any atom is 0.226 e. The van der Waals surface area contributed by atoms with Crippen LogP contribution in [0.3, 0.4) is 0 Å². The molecule has 0 bridgehead atoms. The summed E-state index contributed by atoms with van der Waals surface area (Å²) in [7, 11) is 3.67. The molecule has 1 amide bonds. The molecule has 1 aliphatic rings. The minimum absolute atomic E-state index is 0.146. The summed E-state index contributed by atoms with van der Waals surface area (Å²) in [5.41, 5.74) is 1.16. The fraction of sp³-hybridized carbons (Fsp3) is 0.588. The Morgan fingerprint density at radius 3 is 2.86 bits per heavy atom. The van der Waals surface area contributed by atoms with Gasteiger partial charge in [-0.1, -0.05) is 18.2 Å². The highest BCUT2D eigenvalue weighted by Gasteiger charge is 2.26. The van der Waals surface area contributed by atoms with E-state index < -0.39 is 0 Å². The van der Waals surface area contributed by atoms with E-state index in [-0.39, 0.29) is 11.8 Å². The largest absolute Gasteiger partial charge is 0.492 e. The van der Waals surface area contributed by atoms with Gasteiger partial charge in [0.15, 0.2) is 0 Å². The van der Waals surface area contributed by atoms with E-state index in [2.05, 4.69) is 17.9 Å². The molecule has 0 aliphatic carbocycles. The van der Waals surface area contributed by atoms with E-state index in [1.807, 2.05) is 32.3 Å². The molecule has 1 aromatic rings. The zero-order chi connectivity index (χ0) is 15.2. The third-order valence-electron chi connectivity index (χ3n) is 4.05. The fourth-order valence-corrected chi connectivity index (χ4v) is 2.83. The average molecular weight is 290 g/mol. The fourth-order valence-electron chi connectivity index (χ4n) is 2.83. The van der Waals surface area contributed by atoms with Gasteiger partial charge in [-0.15, -0.1) is 0 Å². The molecule has 1 aromatic carbocycles. The summed E-state index contributed by atoms with van der Waals surface area (Å²) in [6.07, 6.45) is 2.10. The summed E-state index contributed by atoms with van der Waals surface area (Å²) in [6.45, 7) is 5.53. The Bertz CT molecular complexity index is 474. The van der Waals surface area contributed by atoms with Crippen LogP contribution in [-0.2, 0) is 4.79 Å². The van der Waals surface area contributed by atoms with E-state index in [0.29, 0.717) is 6.61 Å². The molecule has 0 N–H and O–H groups in total. The lowest BCUT2D eigenvalue weighted by Crippen LogP contribution is -2.43. The molecular formula is C17H26N2O2. The number of likely N-dealkylation sites (tertiary alicyclic amines) is 1. The Morgan fingerprint density at radius 1 is 1.38 bits per heavy atom. The highest BCUT2D eigenvalue weighted by Crippen LogP contribution is 2.19. The van der Waals surface area contributed by atoms with Gasteiger partial charge in [-0.25, -0.2) is 0 Å². The van der Waals surface area contributed by atoms with Crippen molar-refractivity contribution in [3.63, 3.8) is 0 Å². The molecule has 1 atom stereocenters. The number of carbonyl (C=O) groups excluding carboxylic acids is 1. The Kier molecular flexibility index (Phi) is 5.62. The van der Waals surface area contributed by atoms with Gasteiger partial charge in [0.05, 0.1) is 5.92 Å². The highest BCUT2D eigenvalue weighted by atomic mass is 16.5. The van der Waals surface area contributed by atoms with Crippen molar-refractivity contribution in [2.24, 2.45) is 5.92 Å². The summed E-state index contributed by atoms with van der Waals surface area (Å²) in [6, 6.07) is 8.07. The Balaban J connectivity index is 1.78. The molecule has 116 valence electrons. The van der Waals surface area contributed by atoms with Gasteiger partial charge >= 0.3 is 0 Å². The standard InChI is InChI=1S/C17H26N2O2/c1-14-7-4-5-9-16(14)21-12-11-19-10-6-8-15(13-19)17(20)18(2)3/h4-5,7,9,15H,6,8,10-13H2,1-3H3. The molecule has 0 radical (unpaired) electrons. The molecule has 0 aromatic heterocycles. The number of hydrogen-bond donors (Lipinski definition) is 0. The second-order valence-electron chi connectivity index (χ2n) is 5.99. The van der Waals surface area contributed by atoms with Gasteiger partial charge in [-0.2, -0.15) is 0 Å². The molecule has 1 aliphatic heterocycles. The monoisotopic (exact) mass is 290 g/mol. The lowest BCUT2D eigenvalue weighted by atomic mass is 9.97. The zero-order valence-corrected chi connectivity index (χ0v) is 13.3. The van der Waals surface area contributed by atoms with Crippen molar-refractivity contribution >= 4 is 5.91 Å². The molecule has 0 spiro atoms. The van der Waals surface area contributed by atoms with Crippen LogP contribution in [0.25, 0.3) is 0 Å². The molecule has 0 saturated carbocycles. The second-order valence-corrected chi connectivity index (χ2v) is 5.99. The molecule has 1 heterocycles. The van der Waals surface area contributed by atoms with Crippen LogP contribution in [0.4, 0.5) is 0 Å². The van der Waals surface area contributed by atoms with Crippen LogP contribution in [0.2, 0.25) is 0 Å². The van der Waals surface area contributed by atoms with Crippen molar-refractivity contribution in [2.45, 2.75) is 19.8 Å². The van der Waals surface area contributed by atoms with Crippen LogP contribution in [0.5, 0.6) is 5.75 Å². The van der Waals surface area contributed by atoms with Gasteiger partial charge in [0.2, 0.25) is 5.91 Å². The Hall–Kier alpha value is -1.55. The first kappa shape index (κ1) is 15.8. The molecule has 21 heavy (non-hydrogen) atoms. The zero-order valence-electron chi connectivity index (χ0n) is 13.3. The number of aryl methyl sites for hydroxylation is 1. The van der Waals surface area contributed by atoms with Gasteiger partial charge in [-0.3, -0.25) is 9.69 Å². The van der Waals surface area contributed by atoms with E-state index in [9.17, 15) is 4.79 Å². The number of carbonyl (C=O) groups is 1. The number of hydrogen-bond acceptors (Lipinski definition) is 3. The molecule has 1 saturated heterocycles. The Morgan fingerprint density at radius 2 is 2.14 bits per heavy atom. The average Bonchev–Trinajstić information content (AvgIpc) is 2.48.